The van der Waals surface area contributed by atoms with Crippen molar-refractivity contribution in [2.24, 2.45) is 4.99 Å². The van der Waals surface area contributed by atoms with Crippen molar-refractivity contribution in [1.29, 1.82) is 0 Å². The number of thiazole rings is 1. The third-order valence-electron chi connectivity index (χ3n) is 3.35. The summed E-state index contributed by atoms with van der Waals surface area (Å²) in [5.74, 6) is 0.0463. The zero-order valence-electron chi connectivity index (χ0n) is 12.2. The molecular weight excluding hydrogens is 298 g/mol. The molecule has 0 amide bonds. The molecule has 5 nitrogen and oxygen atoms in total. The second-order valence-corrected chi connectivity index (χ2v) is 6.17. The summed E-state index contributed by atoms with van der Waals surface area (Å²) >= 11 is 1.62. The molecule has 6 heteroatoms. The summed E-state index contributed by atoms with van der Waals surface area (Å²) in [5, 5.41) is 20.5. The van der Waals surface area contributed by atoms with Crippen LogP contribution >= 0.6 is 11.3 Å². The molecule has 2 aromatic heterocycles. The molecule has 0 radical (unpaired) electrons. The first kappa shape index (κ1) is 14.6. The monoisotopic (exact) mass is 313 g/mol. The number of rotatable bonds is 3. The smallest absolute Gasteiger partial charge is 0.145 e. The van der Waals surface area contributed by atoms with Crippen molar-refractivity contribution in [3.63, 3.8) is 0 Å². The van der Waals surface area contributed by atoms with Crippen molar-refractivity contribution < 1.29 is 10.2 Å². The molecule has 0 saturated heterocycles. The Morgan fingerprint density at radius 1 is 1.32 bits per heavy atom. The summed E-state index contributed by atoms with van der Waals surface area (Å²) in [5.41, 5.74) is 3.28. The zero-order chi connectivity index (χ0) is 15.7. The molecular formula is C16H15N3O2S. The molecule has 0 fully saturated rings. The average molecular weight is 313 g/mol. The standard InChI is InChI=1S/C16H15N3O2S/c1-9-16(21)13(11(8-20)6-17-9)7-18-12-3-4-14-15(5-12)22-10(2)19-14/h3-7,20-21H,8H2,1-2H3. The van der Waals surface area contributed by atoms with Crippen LogP contribution in [-0.4, -0.2) is 26.4 Å². The van der Waals surface area contributed by atoms with Crippen LogP contribution in [0.3, 0.4) is 0 Å². The van der Waals surface area contributed by atoms with Crippen LogP contribution in [0.25, 0.3) is 10.2 Å². The van der Waals surface area contributed by atoms with Crippen molar-refractivity contribution in [3.05, 3.63) is 46.2 Å². The Balaban J connectivity index is 2.00. The highest BCUT2D eigenvalue weighted by Gasteiger charge is 2.09. The highest BCUT2D eigenvalue weighted by molar-refractivity contribution is 7.18. The Morgan fingerprint density at radius 3 is 2.91 bits per heavy atom. The van der Waals surface area contributed by atoms with Crippen LogP contribution in [-0.2, 0) is 6.61 Å². The number of pyridine rings is 1. The quantitative estimate of drug-likeness (QED) is 0.727. The molecule has 2 heterocycles. The van der Waals surface area contributed by atoms with E-state index in [4.69, 9.17) is 0 Å². The molecule has 1 aromatic carbocycles. The van der Waals surface area contributed by atoms with Crippen LogP contribution in [0, 0.1) is 13.8 Å². The van der Waals surface area contributed by atoms with Gasteiger partial charge in [0.2, 0.25) is 0 Å². The SMILES string of the molecule is Cc1nc2ccc(N=Cc3c(CO)cnc(C)c3O)cc2s1. The van der Waals surface area contributed by atoms with E-state index < -0.39 is 0 Å². The summed E-state index contributed by atoms with van der Waals surface area (Å²) in [4.78, 5) is 12.8. The normalized spacial score (nSPS) is 11.6. The van der Waals surface area contributed by atoms with Crippen molar-refractivity contribution in [1.82, 2.24) is 9.97 Å². The van der Waals surface area contributed by atoms with Gasteiger partial charge in [0.15, 0.2) is 0 Å². The van der Waals surface area contributed by atoms with Gasteiger partial charge in [0.05, 0.1) is 33.2 Å². The predicted octanol–water partition coefficient (Wildman–Crippen LogP) is 3.26. The van der Waals surface area contributed by atoms with Crippen LogP contribution in [0.4, 0.5) is 5.69 Å². The fraction of sp³-hybridized carbons (Fsp3) is 0.188. The first-order chi connectivity index (χ1) is 10.6. The highest BCUT2D eigenvalue weighted by atomic mass is 32.1. The van der Waals surface area contributed by atoms with Gasteiger partial charge < -0.3 is 10.2 Å². The Hall–Kier alpha value is -2.31. The summed E-state index contributed by atoms with van der Waals surface area (Å²) < 4.78 is 1.07. The molecule has 0 aliphatic carbocycles. The van der Waals surface area contributed by atoms with Gasteiger partial charge in [-0.25, -0.2) is 4.98 Å². The van der Waals surface area contributed by atoms with Crippen LogP contribution in [0.5, 0.6) is 5.75 Å². The molecule has 0 spiro atoms. The number of aliphatic hydroxyl groups excluding tert-OH is 1. The molecule has 112 valence electrons. The summed E-state index contributed by atoms with van der Waals surface area (Å²) in [6, 6.07) is 5.76. The Kier molecular flexibility index (Phi) is 3.87. The summed E-state index contributed by atoms with van der Waals surface area (Å²) in [7, 11) is 0. The maximum Gasteiger partial charge on any atom is 0.145 e. The van der Waals surface area contributed by atoms with Gasteiger partial charge in [-0.3, -0.25) is 9.98 Å². The number of fused-ring (bicyclic) bond motifs is 1. The van der Waals surface area contributed by atoms with E-state index in [-0.39, 0.29) is 12.4 Å². The number of nitrogens with zero attached hydrogens (tertiary/aromatic N) is 3. The number of aromatic hydroxyl groups is 1. The molecule has 2 N–H and O–H groups in total. The van der Waals surface area contributed by atoms with E-state index in [2.05, 4.69) is 15.0 Å². The van der Waals surface area contributed by atoms with E-state index in [1.807, 2.05) is 25.1 Å². The van der Waals surface area contributed by atoms with Gasteiger partial charge in [-0.05, 0) is 32.0 Å². The van der Waals surface area contributed by atoms with E-state index in [0.717, 1.165) is 20.9 Å². The number of aliphatic imine (C=N–C) groups is 1. The molecule has 0 unspecified atom stereocenters. The second kappa shape index (κ2) is 5.82. The second-order valence-electron chi connectivity index (χ2n) is 4.93. The summed E-state index contributed by atoms with van der Waals surface area (Å²) in [6.07, 6.45) is 3.11. The van der Waals surface area contributed by atoms with E-state index in [1.54, 1.807) is 30.7 Å². The van der Waals surface area contributed by atoms with E-state index >= 15 is 0 Å². The van der Waals surface area contributed by atoms with Crippen LogP contribution in [0.15, 0.2) is 29.4 Å². The third-order valence-corrected chi connectivity index (χ3v) is 4.28. The van der Waals surface area contributed by atoms with Gasteiger partial charge in [-0.15, -0.1) is 11.3 Å². The van der Waals surface area contributed by atoms with Gasteiger partial charge >= 0.3 is 0 Å². The van der Waals surface area contributed by atoms with Crippen LogP contribution in [0.1, 0.15) is 21.8 Å². The lowest BCUT2D eigenvalue weighted by molar-refractivity contribution is 0.280. The highest BCUT2D eigenvalue weighted by Crippen LogP contribution is 2.27. The molecule has 0 bridgehead atoms. The van der Waals surface area contributed by atoms with Gasteiger partial charge in [0, 0.05) is 23.5 Å². The molecule has 3 rings (SSSR count). The lowest BCUT2D eigenvalue weighted by atomic mass is 10.1. The maximum absolute atomic E-state index is 10.1. The maximum atomic E-state index is 10.1. The molecule has 0 aliphatic rings. The van der Waals surface area contributed by atoms with Crippen LogP contribution in [0.2, 0.25) is 0 Å². The predicted molar refractivity (Wildman–Crippen MR) is 88.2 cm³/mol. The van der Waals surface area contributed by atoms with Gasteiger partial charge in [-0.2, -0.15) is 0 Å². The third kappa shape index (κ3) is 2.70. The fourth-order valence-electron chi connectivity index (χ4n) is 2.17. The minimum atomic E-state index is -0.199. The van der Waals surface area contributed by atoms with Gasteiger partial charge in [0.25, 0.3) is 0 Å². The number of aryl methyl sites for hydroxylation is 2. The number of aliphatic hydroxyl groups is 1. The topological polar surface area (TPSA) is 78.6 Å². The fourth-order valence-corrected chi connectivity index (χ4v) is 3.03. The number of aromatic nitrogens is 2. The lowest BCUT2D eigenvalue weighted by Crippen LogP contribution is -1.97. The Bertz CT molecular complexity index is 871. The molecule has 0 saturated carbocycles. The lowest BCUT2D eigenvalue weighted by Gasteiger charge is -2.06. The van der Waals surface area contributed by atoms with Crippen LogP contribution < -0.4 is 0 Å². The van der Waals surface area contributed by atoms with Crippen molar-refractivity contribution in [3.8, 4) is 5.75 Å². The minimum Gasteiger partial charge on any atom is -0.505 e. The molecule has 0 aliphatic heterocycles. The number of hydrogen-bond donors (Lipinski definition) is 2. The van der Waals surface area contributed by atoms with Crippen molar-refractivity contribution >= 4 is 33.5 Å². The number of hydrogen-bond acceptors (Lipinski definition) is 6. The van der Waals surface area contributed by atoms with Crippen molar-refractivity contribution in [2.45, 2.75) is 20.5 Å². The first-order valence-electron chi connectivity index (χ1n) is 6.78. The largest absolute Gasteiger partial charge is 0.505 e. The molecule has 0 atom stereocenters. The Morgan fingerprint density at radius 2 is 2.14 bits per heavy atom. The van der Waals surface area contributed by atoms with E-state index in [9.17, 15) is 10.2 Å². The summed E-state index contributed by atoms with van der Waals surface area (Å²) in [6.45, 7) is 3.48. The molecule has 3 aromatic rings. The minimum absolute atomic E-state index is 0.0463. The van der Waals surface area contributed by atoms with E-state index in [1.165, 1.54) is 0 Å². The van der Waals surface area contributed by atoms with Gasteiger partial charge in [-0.1, -0.05) is 0 Å². The van der Waals surface area contributed by atoms with Crippen molar-refractivity contribution in [2.75, 3.05) is 0 Å². The number of benzene rings is 1. The molecule has 22 heavy (non-hydrogen) atoms. The van der Waals surface area contributed by atoms with Gasteiger partial charge in [0.1, 0.15) is 5.75 Å². The first-order valence-corrected chi connectivity index (χ1v) is 7.59. The van der Waals surface area contributed by atoms with E-state index in [0.29, 0.717) is 16.8 Å². The average Bonchev–Trinajstić information content (AvgIpc) is 2.88. The Labute approximate surface area is 131 Å². The zero-order valence-corrected chi connectivity index (χ0v) is 13.1.